The molecule has 8 heteroatoms. The van der Waals surface area contributed by atoms with Crippen LogP contribution in [0.2, 0.25) is 0 Å². The van der Waals surface area contributed by atoms with E-state index in [1.807, 2.05) is 72.2 Å². The molecule has 30 heavy (non-hydrogen) atoms. The molecule has 3 aromatic rings. The number of aromatic nitrogens is 3. The fourth-order valence-electron chi connectivity index (χ4n) is 2.98. The molecule has 1 atom stereocenters. The molecule has 3 rings (SSSR count). The molecule has 0 radical (unpaired) electrons. The van der Waals surface area contributed by atoms with Crippen LogP contribution in [0.25, 0.3) is 17.1 Å². The highest BCUT2D eigenvalue weighted by molar-refractivity contribution is 7.99. The standard InChI is InChI=1S/C22H24N4O3S/c1-2-3-14-18(21(28)29)23-19(27)15-30-22-25-24-20(16-10-6-4-7-11-16)26(22)17-12-8-5-9-13-17/h4-13,18H,2-3,14-15H2,1H3,(H,23,27)(H,28,29)/t18-/m1/s1. The molecule has 0 unspecified atom stereocenters. The van der Waals surface area contributed by atoms with Gasteiger partial charge in [0.15, 0.2) is 11.0 Å². The second-order valence-electron chi connectivity index (χ2n) is 6.73. The molecule has 1 amide bonds. The second kappa shape index (κ2) is 10.6. The number of rotatable bonds is 10. The van der Waals surface area contributed by atoms with Gasteiger partial charge >= 0.3 is 5.97 Å². The predicted octanol–water partition coefficient (Wildman–Crippen LogP) is 3.79. The zero-order chi connectivity index (χ0) is 21.3. The van der Waals surface area contributed by atoms with E-state index in [9.17, 15) is 14.7 Å². The van der Waals surface area contributed by atoms with Gasteiger partial charge < -0.3 is 10.4 Å². The molecule has 0 saturated carbocycles. The summed E-state index contributed by atoms with van der Waals surface area (Å²) in [7, 11) is 0. The van der Waals surface area contributed by atoms with E-state index < -0.39 is 12.0 Å². The van der Waals surface area contributed by atoms with Crippen molar-refractivity contribution in [2.45, 2.75) is 37.4 Å². The monoisotopic (exact) mass is 424 g/mol. The SMILES string of the molecule is CCCC[C@@H](NC(=O)CSc1nnc(-c2ccccc2)n1-c1ccccc1)C(=O)O. The maximum Gasteiger partial charge on any atom is 0.326 e. The largest absolute Gasteiger partial charge is 0.480 e. The smallest absolute Gasteiger partial charge is 0.326 e. The number of para-hydroxylation sites is 1. The van der Waals surface area contributed by atoms with Gasteiger partial charge in [-0.3, -0.25) is 9.36 Å². The Balaban J connectivity index is 1.79. The summed E-state index contributed by atoms with van der Waals surface area (Å²) in [6.07, 6.45) is 2.03. The molecule has 0 saturated heterocycles. The molecule has 0 fully saturated rings. The Bertz CT molecular complexity index is 977. The number of carbonyl (C=O) groups excluding carboxylic acids is 1. The van der Waals surface area contributed by atoms with Gasteiger partial charge in [-0.1, -0.05) is 80.1 Å². The Morgan fingerprint density at radius 3 is 2.37 bits per heavy atom. The number of aliphatic carboxylic acids is 1. The van der Waals surface area contributed by atoms with Crippen LogP contribution in [0.15, 0.2) is 65.8 Å². The molecule has 0 bridgehead atoms. The number of unbranched alkanes of at least 4 members (excludes halogenated alkanes) is 1. The first-order valence-electron chi connectivity index (χ1n) is 9.81. The highest BCUT2D eigenvalue weighted by Gasteiger charge is 2.21. The van der Waals surface area contributed by atoms with Gasteiger partial charge in [0, 0.05) is 11.3 Å². The first-order valence-corrected chi connectivity index (χ1v) is 10.8. The summed E-state index contributed by atoms with van der Waals surface area (Å²) < 4.78 is 1.90. The van der Waals surface area contributed by atoms with Crippen LogP contribution in [0.5, 0.6) is 0 Å². The molecule has 7 nitrogen and oxygen atoms in total. The quantitative estimate of drug-likeness (QED) is 0.481. The van der Waals surface area contributed by atoms with E-state index in [4.69, 9.17) is 0 Å². The van der Waals surface area contributed by atoms with Gasteiger partial charge in [0.05, 0.1) is 5.75 Å². The highest BCUT2D eigenvalue weighted by atomic mass is 32.2. The number of nitrogens with one attached hydrogen (secondary N) is 1. The average molecular weight is 425 g/mol. The van der Waals surface area contributed by atoms with Crippen LogP contribution in [0.1, 0.15) is 26.2 Å². The predicted molar refractivity (Wildman–Crippen MR) is 117 cm³/mol. The van der Waals surface area contributed by atoms with Crippen molar-refractivity contribution in [3.05, 3.63) is 60.7 Å². The van der Waals surface area contributed by atoms with Crippen molar-refractivity contribution in [1.29, 1.82) is 0 Å². The van der Waals surface area contributed by atoms with Crippen LogP contribution >= 0.6 is 11.8 Å². The lowest BCUT2D eigenvalue weighted by Crippen LogP contribution is -2.41. The first-order chi connectivity index (χ1) is 14.6. The minimum absolute atomic E-state index is 0.0513. The van der Waals surface area contributed by atoms with Crippen molar-refractivity contribution in [3.8, 4) is 17.1 Å². The summed E-state index contributed by atoms with van der Waals surface area (Å²) >= 11 is 1.23. The van der Waals surface area contributed by atoms with E-state index >= 15 is 0 Å². The van der Waals surface area contributed by atoms with Crippen molar-refractivity contribution in [3.63, 3.8) is 0 Å². The van der Waals surface area contributed by atoms with Crippen LogP contribution in [0.4, 0.5) is 0 Å². The molecule has 2 aromatic carbocycles. The van der Waals surface area contributed by atoms with Gasteiger partial charge in [0.2, 0.25) is 5.91 Å². The van der Waals surface area contributed by atoms with Crippen molar-refractivity contribution >= 4 is 23.6 Å². The molecule has 0 aliphatic carbocycles. The lowest BCUT2D eigenvalue weighted by atomic mass is 10.1. The Morgan fingerprint density at radius 1 is 1.07 bits per heavy atom. The van der Waals surface area contributed by atoms with E-state index in [-0.39, 0.29) is 11.7 Å². The molecule has 0 spiro atoms. The van der Waals surface area contributed by atoms with E-state index in [1.54, 1.807) is 0 Å². The van der Waals surface area contributed by atoms with Crippen LogP contribution < -0.4 is 5.32 Å². The summed E-state index contributed by atoms with van der Waals surface area (Å²) in [6.45, 7) is 1.98. The van der Waals surface area contributed by atoms with E-state index in [1.165, 1.54) is 11.8 Å². The average Bonchev–Trinajstić information content (AvgIpc) is 3.20. The number of thioether (sulfide) groups is 1. The molecule has 0 aliphatic rings. The Kier molecular flexibility index (Phi) is 7.62. The number of amides is 1. The van der Waals surface area contributed by atoms with Crippen LogP contribution in [0.3, 0.4) is 0 Å². The summed E-state index contributed by atoms with van der Waals surface area (Å²) in [5.41, 5.74) is 1.80. The molecule has 1 aromatic heterocycles. The third kappa shape index (κ3) is 5.48. The summed E-state index contributed by atoms with van der Waals surface area (Å²) in [5, 5.41) is 21.1. The minimum Gasteiger partial charge on any atom is -0.480 e. The number of carboxylic acid groups (broad SMARTS) is 1. The number of hydrogen-bond acceptors (Lipinski definition) is 5. The van der Waals surface area contributed by atoms with Crippen LogP contribution in [0, 0.1) is 0 Å². The number of benzene rings is 2. The second-order valence-corrected chi connectivity index (χ2v) is 7.67. The van der Waals surface area contributed by atoms with Gasteiger partial charge in [0.1, 0.15) is 6.04 Å². The Hall–Kier alpha value is -3.13. The highest BCUT2D eigenvalue weighted by Crippen LogP contribution is 2.27. The van der Waals surface area contributed by atoms with Gasteiger partial charge in [-0.25, -0.2) is 4.79 Å². The maximum absolute atomic E-state index is 12.4. The fourth-order valence-corrected chi connectivity index (χ4v) is 3.74. The van der Waals surface area contributed by atoms with Gasteiger partial charge in [-0.2, -0.15) is 0 Å². The zero-order valence-electron chi connectivity index (χ0n) is 16.7. The lowest BCUT2D eigenvalue weighted by molar-refractivity contribution is -0.141. The lowest BCUT2D eigenvalue weighted by Gasteiger charge is -2.14. The van der Waals surface area contributed by atoms with Crippen LogP contribution in [-0.4, -0.2) is 43.5 Å². The van der Waals surface area contributed by atoms with Gasteiger partial charge in [0.25, 0.3) is 0 Å². The molecule has 2 N–H and O–H groups in total. The van der Waals surface area contributed by atoms with Crippen LogP contribution in [-0.2, 0) is 9.59 Å². The van der Waals surface area contributed by atoms with Crippen molar-refractivity contribution in [1.82, 2.24) is 20.1 Å². The molecular formula is C22H24N4O3S. The fraction of sp³-hybridized carbons (Fsp3) is 0.273. The maximum atomic E-state index is 12.4. The minimum atomic E-state index is -1.01. The Labute approximate surface area is 179 Å². The van der Waals surface area contributed by atoms with E-state index in [2.05, 4.69) is 15.5 Å². The molecular weight excluding hydrogens is 400 g/mol. The van der Waals surface area contributed by atoms with Crippen molar-refractivity contribution in [2.75, 3.05) is 5.75 Å². The summed E-state index contributed by atoms with van der Waals surface area (Å²) in [6, 6.07) is 18.5. The van der Waals surface area contributed by atoms with E-state index in [0.717, 1.165) is 24.1 Å². The molecule has 156 valence electrons. The normalized spacial score (nSPS) is 11.8. The van der Waals surface area contributed by atoms with Gasteiger partial charge in [-0.05, 0) is 18.6 Å². The number of carbonyl (C=O) groups is 2. The number of hydrogen-bond donors (Lipinski definition) is 2. The van der Waals surface area contributed by atoms with Gasteiger partial charge in [-0.15, -0.1) is 10.2 Å². The summed E-state index contributed by atoms with van der Waals surface area (Å²) in [5.74, 6) is -0.626. The first kappa shape index (κ1) is 21.6. The number of carboxylic acids is 1. The van der Waals surface area contributed by atoms with Crippen molar-refractivity contribution in [2.24, 2.45) is 0 Å². The van der Waals surface area contributed by atoms with Crippen molar-refractivity contribution < 1.29 is 14.7 Å². The third-order valence-electron chi connectivity index (χ3n) is 4.49. The topological polar surface area (TPSA) is 97.1 Å². The summed E-state index contributed by atoms with van der Waals surface area (Å²) in [4.78, 5) is 23.7. The van der Waals surface area contributed by atoms with E-state index in [0.29, 0.717) is 17.4 Å². The molecule has 1 heterocycles. The molecule has 0 aliphatic heterocycles. The third-order valence-corrected chi connectivity index (χ3v) is 5.42. The zero-order valence-corrected chi connectivity index (χ0v) is 17.5. The Morgan fingerprint density at radius 2 is 1.73 bits per heavy atom. The number of nitrogens with zero attached hydrogens (tertiary/aromatic N) is 3.